The summed E-state index contributed by atoms with van der Waals surface area (Å²) in [6.45, 7) is 6.46. The Balaban J connectivity index is 4.43. The second-order valence-electron chi connectivity index (χ2n) is 19.2. The quantitative estimate of drug-likeness (QED) is 0.0261. The Morgan fingerprint density at radius 3 is 0.901 bits per heavy atom. The molecule has 0 aliphatic carbocycles. The van der Waals surface area contributed by atoms with E-state index >= 15 is 0 Å². The van der Waals surface area contributed by atoms with Gasteiger partial charge in [0.2, 0.25) is 0 Å². The molecule has 1 atom stereocenters. The largest absolute Gasteiger partial charge is 0.462 e. The third-order valence-corrected chi connectivity index (χ3v) is 12.3. The molecule has 0 aromatic rings. The highest BCUT2D eigenvalue weighted by molar-refractivity contribution is 5.71. The average molecular weight is 986 g/mol. The number of carbonyl (C=O) groups excluding carboxylic acids is 3. The van der Waals surface area contributed by atoms with Crippen molar-refractivity contribution in [3.8, 4) is 0 Å². The van der Waals surface area contributed by atoms with Crippen LogP contribution in [0.4, 0.5) is 0 Å². The van der Waals surface area contributed by atoms with Crippen molar-refractivity contribution >= 4 is 17.9 Å². The standard InChI is InChI=1S/C65H108O6/c1-4-7-10-13-16-19-22-25-27-28-29-30-31-32-33-34-35-36-38-40-43-46-49-52-55-58-64(67)70-61-62(60-69-63(66)57-54-51-48-45-42-39-24-21-18-15-12-9-6-3)71-65(68)59-56-53-50-47-44-41-37-26-23-20-17-14-11-8-5-2/h7,10,16-17,19-20,25-27,29-30,32-33,35-37,40,43,62H,4-6,8-9,11-15,18,21-24,28,31,34,38-39,41-42,44-61H2,1-3H3/b10-7-,19-16-,20-17-,27-25-,30-29-,33-32-,36-35-,37-26-,43-40-. The Morgan fingerprint density at radius 1 is 0.296 bits per heavy atom. The van der Waals surface area contributed by atoms with Gasteiger partial charge in [-0.1, -0.05) is 246 Å². The summed E-state index contributed by atoms with van der Waals surface area (Å²) >= 11 is 0. The van der Waals surface area contributed by atoms with Crippen LogP contribution in [0.5, 0.6) is 0 Å². The van der Waals surface area contributed by atoms with Crippen molar-refractivity contribution in [1.82, 2.24) is 0 Å². The fourth-order valence-electron chi connectivity index (χ4n) is 7.86. The fraction of sp³-hybridized carbons (Fsp3) is 0.677. The highest BCUT2D eigenvalue weighted by Crippen LogP contribution is 2.15. The summed E-state index contributed by atoms with van der Waals surface area (Å²) in [5, 5.41) is 0. The van der Waals surface area contributed by atoms with E-state index in [2.05, 4.69) is 130 Å². The number of carbonyl (C=O) groups is 3. The molecule has 0 heterocycles. The summed E-state index contributed by atoms with van der Waals surface area (Å²) < 4.78 is 16.8. The van der Waals surface area contributed by atoms with E-state index in [9.17, 15) is 14.4 Å². The van der Waals surface area contributed by atoms with Gasteiger partial charge in [-0.2, -0.15) is 0 Å². The van der Waals surface area contributed by atoms with E-state index in [-0.39, 0.29) is 31.1 Å². The molecule has 404 valence electrons. The van der Waals surface area contributed by atoms with Crippen LogP contribution in [0.15, 0.2) is 109 Å². The van der Waals surface area contributed by atoms with Gasteiger partial charge in [0.1, 0.15) is 13.2 Å². The number of unbranched alkanes of at least 4 members (excludes halogenated alkanes) is 23. The van der Waals surface area contributed by atoms with Crippen LogP contribution in [0.2, 0.25) is 0 Å². The number of ether oxygens (including phenoxy) is 3. The first-order chi connectivity index (χ1) is 35.0. The van der Waals surface area contributed by atoms with Crippen molar-refractivity contribution in [2.24, 2.45) is 0 Å². The minimum absolute atomic E-state index is 0.0939. The Morgan fingerprint density at radius 2 is 0.549 bits per heavy atom. The molecular formula is C65H108O6. The second kappa shape index (κ2) is 58.6. The smallest absolute Gasteiger partial charge is 0.306 e. The Kier molecular flexibility index (Phi) is 55.4. The zero-order valence-corrected chi connectivity index (χ0v) is 46.2. The SMILES string of the molecule is CC/C=C\C/C=C\C/C=C\C/C=C\C/C=C\C/C=C\C/C=C\CCCCCC(=O)OCC(COC(=O)CCCCCCCCCCCCCCC)OC(=O)CCCCCCC/C=C\C/C=C\CCCCC. The van der Waals surface area contributed by atoms with E-state index in [1.165, 1.54) is 89.9 Å². The molecular weight excluding hydrogens is 877 g/mol. The first kappa shape index (κ1) is 67.1. The summed E-state index contributed by atoms with van der Waals surface area (Å²) in [7, 11) is 0. The predicted octanol–water partition coefficient (Wildman–Crippen LogP) is 19.9. The molecule has 0 aromatic carbocycles. The summed E-state index contributed by atoms with van der Waals surface area (Å²) in [5.41, 5.74) is 0. The summed E-state index contributed by atoms with van der Waals surface area (Å²) in [5.74, 6) is -0.940. The molecule has 0 fully saturated rings. The van der Waals surface area contributed by atoms with Crippen LogP contribution in [-0.4, -0.2) is 37.2 Å². The van der Waals surface area contributed by atoms with Crippen LogP contribution in [0.1, 0.15) is 265 Å². The molecule has 0 N–H and O–H groups in total. The van der Waals surface area contributed by atoms with Crippen molar-refractivity contribution in [3.05, 3.63) is 109 Å². The molecule has 6 heteroatoms. The minimum atomic E-state index is -0.800. The molecule has 6 nitrogen and oxygen atoms in total. The lowest BCUT2D eigenvalue weighted by Crippen LogP contribution is -2.30. The third-order valence-electron chi connectivity index (χ3n) is 12.3. The van der Waals surface area contributed by atoms with E-state index < -0.39 is 6.10 Å². The first-order valence-electron chi connectivity index (χ1n) is 29.4. The number of hydrogen-bond acceptors (Lipinski definition) is 6. The Hall–Kier alpha value is -3.93. The van der Waals surface area contributed by atoms with E-state index in [4.69, 9.17) is 14.2 Å². The average Bonchev–Trinajstić information content (AvgIpc) is 3.37. The van der Waals surface area contributed by atoms with E-state index in [0.717, 1.165) is 135 Å². The topological polar surface area (TPSA) is 78.9 Å². The van der Waals surface area contributed by atoms with Crippen LogP contribution in [-0.2, 0) is 28.6 Å². The zero-order valence-electron chi connectivity index (χ0n) is 46.2. The minimum Gasteiger partial charge on any atom is -0.462 e. The van der Waals surface area contributed by atoms with Gasteiger partial charge >= 0.3 is 17.9 Å². The van der Waals surface area contributed by atoms with Gasteiger partial charge in [-0.3, -0.25) is 14.4 Å². The molecule has 0 saturated heterocycles. The van der Waals surface area contributed by atoms with Crippen LogP contribution >= 0.6 is 0 Å². The van der Waals surface area contributed by atoms with Crippen molar-refractivity contribution in [2.75, 3.05) is 13.2 Å². The molecule has 0 aliphatic heterocycles. The second-order valence-corrected chi connectivity index (χ2v) is 19.2. The van der Waals surface area contributed by atoms with Gasteiger partial charge in [-0.05, 0) is 109 Å². The number of esters is 3. The third kappa shape index (κ3) is 56.9. The maximum absolute atomic E-state index is 12.8. The van der Waals surface area contributed by atoms with Gasteiger partial charge in [0, 0.05) is 19.3 Å². The van der Waals surface area contributed by atoms with Crippen LogP contribution in [0.25, 0.3) is 0 Å². The lowest BCUT2D eigenvalue weighted by Gasteiger charge is -2.18. The number of hydrogen-bond donors (Lipinski definition) is 0. The lowest BCUT2D eigenvalue weighted by molar-refractivity contribution is -0.167. The molecule has 0 saturated carbocycles. The van der Waals surface area contributed by atoms with Gasteiger partial charge in [0.25, 0.3) is 0 Å². The molecule has 0 spiro atoms. The normalized spacial score (nSPS) is 12.9. The molecule has 0 radical (unpaired) electrons. The van der Waals surface area contributed by atoms with Crippen LogP contribution < -0.4 is 0 Å². The molecule has 1 unspecified atom stereocenters. The van der Waals surface area contributed by atoms with Gasteiger partial charge in [0.05, 0.1) is 0 Å². The lowest BCUT2D eigenvalue weighted by atomic mass is 10.0. The molecule has 0 bridgehead atoms. The highest BCUT2D eigenvalue weighted by atomic mass is 16.6. The highest BCUT2D eigenvalue weighted by Gasteiger charge is 2.19. The Labute approximate surface area is 438 Å². The first-order valence-corrected chi connectivity index (χ1v) is 29.4. The van der Waals surface area contributed by atoms with Gasteiger partial charge in [0.15, 0.2) is 6.10 Å². The van der Waals surface area contributed by atoms with Crippen molar-refractivity contribution in [2.45, 2.75) is 271 Å². The van der Waals surface area contributed by atoms with Crippen molar-refractivity contribution in [3.63, 3.8) is 0 Å². The molecule has 0 aromatic heterocycles. The van der Waals surface area contributed by atoms with Crippen LogP contribution in [0, 0.1) is 0 Å². The number of allylic oxidation sites excluding steroid dienone is 18. The molecule has 0 rings (SSSR count). The Bertz CT molecular complexity index is 1460. The molecule has 0 aliphatic rings. The summed E-state index contributed by atoms with van der Waals surface area (Å²) in [6.07, 6.45) is 79.3. The predicted molar refractivity (Wildman–Crippen MR) is 307 cm³/mol. The molecule has 71 heavy (non-hydrogen) atoms. The van der Waals surface area contributed by atoms with Crippen molar-refractivity contribution < 1.29 is 28.6 Å². The zero-order chi connectivity index (χ0) is 51.4. The summed E-state index contributed by atoms with van der Waals surface area (Å²) in [4.78, 5) is 38.1. The van der Waals surface area contributed by atoms with Gasteiger partial charge in [-0.15, -0.1) is 0 Å². The van der Waals surface area contributed by atoms with Gasteiger partial charge < -0.3 is 14.2 Å². The maximum atomic E-state index is 12.8. The number of rotatable bonds is 52. The van der Waals surface area contributed by atoms with E-state index in [1.807, 2.05) is 0 Å². The maximum Gasteiger partial charge on any atom is 0.306 e. The van der Waals surface area contributed by atoms with E-state index in [1.54, 1.807) is 0 Å². The van der Waals surface area contributed by atoms with Crippen LogP contribution in [0.3, 0.4) is 0 Å². The molecule has 0 amide bonds. The van der Waals surface area contributed by atoms with Gasteiger partial charge in [-0.25, -0.2) is 0 Å². The monoisotopic (exact) mass is 985 g/mol. The van der Waals surface area contributed by atoms with Crippen molar-refractivity contribution in [1.29, 1.82) is 0 Å². The summed E-state index contributed by atoms with van der Waals surface area (Å²) in [6, 6.07) is 0. The van der Waals surface area contributed by atoms with E-state index in [0.29, 0.717) is 19.3 Å². The fourth-order valence-corrected chi connectivity index (χ4v) is 7.86.